The molecule has 0 spiro atoms. The van der Waals surface area contributed by atoms with Crippen molar-refractivity contribution >= 4 is 43.1 Å². The van der Waals surface area contributed by atoms with Gasteiger partial charge in [0.05, 0.1) is 5.56 Å². The van der Waals surface area contributed by atoms with Crippen LogP contribution in [0.3, 0.4) is 0 Å². The van der Waals surface area contributed by atoms with Crippen LogP contribution in [-0.2, 0) is 6.18 Å². The van der Waals surface area contributed by atoms with Crippen LogP contribution in [0.4, 0.5) is 13.2 Å². The van der Waals surface area contributed by atoms with E-state index in [9.17, 15) is 64.2 Å². The lowest BCUT2D eigenvalue weighted by Gasteiger charge is -2.12. The molecule has 14 nitrogen and oxygen atoms in total. The molecule has 0 radical (unpaired) electrons. The van der Waals surface area contributed by atoms with Gasteiger partial charge in [-0.25, -0.2) is 0 Å². The van der Waals surface area contributed by atoms with E-state index in [1.807, 2.05) is 109 Å². The van der Waals surface area contributed by atoms with Crippen molar-refractivity contribution in [3.05, 3.63) is 252 Å². The molecule has 0 saturated heterocycles. The first-order valence-electron chi connectivity index (χ1n) is 34.1. The Morgan fingerprint density at radius 3 is 0.728 bits per heavy atom. The Hall–Kier alpha value is -11.3. The largest absolute Gasteiger partial charge is 0.508 e. The molecule has 0 heterocycles. The summed E-state index contributed by atoms with van der Waals surface area (Å²) < 4.78 is 37.2. The van der Waals surface area contributed by atoms with Crippen molar-refractivity contribution in [3.63, 3.8) is 0 Å². The fraction of sp³-hybridized carbons (Fsp3) is 0.256. The van der Waals surface area contributed by atoms with Gasteiger partial charge >= 0.3 is 6.18 Å². The minimum absolute atomic E-state index is 0.0330. The van der Waals surface area contributed by atoms with Gasteiger partial charge < -0.3 is 71.5 Å². The van der Waals surface area contributed by atoms with Gasteiger partial charge in [0.1, 0.15) is 69.0 Å². The van der Waals surface area contributed by atoms with Crippen molar-refractivity contribution in [1.82, 2.24) is 0 Å². The summed E-state index contributed by atoms with van der Waals surface area (Å²) in [7, 11) is 0. The van der Waals surface area contributed by atoms with Crippen molar-refractivity contribution in [1.29, 1.82) is 0 Å². The van der Waals surface area contributed by atoms with Crippen molar-refractivity contribution in [2.24, 2.45) is 0 Å². The zero-order chi connectivity index (χ0) is 78.4. The van der Waals surface area contributed by atoms with Crippen molar-refractivity contribution < 1.29 is 84.7 Å². The monoisotopic (exact) mass is 1420 g/mol. The summed E-state index contributed by atoms with van der Waals surface area (Å²) in [6, 6.07) is 59.4. The van der Waals surface area contributed by atoms with Gasteiger partial charge in [0.25, 0.3) is 0 Å². The van der Waals surface area contributed by atoms with Crippen molar-refractivity contribution in [2.45, 2.75) is 148 Å². The topological polar surface area (TPSA) is 283 Å². The molecule has 12 aromatic rings. The number of hydrogen-bond acceptors (Lipinski definition) is 14. The molecular formula is C86H105F3O14. The normalized spacial score (nSPS) is 10.1. The zero-order valence-electron chi connectivity index (χ0n) is 62.0. The first kappa shape index (κ1) is 89.7. The van der Waals surface area contributed by atoms with Gasteiger partial charge in [-0.15, -0.1) is 0 Å². The Morgan fingerprint density at radius 1 is 0.233 bits per heavy atom. The molecule has 0 atom stereocenters. The maximum Gasteiger partial charge on any atom is 0.416 e. The van der Waals surface area contributed by atoms with Crippen LogP contribution < -0.4 is 0 Å². The second-order valence-corrected chi connectivity index (χ2v) is 23.1. The van der Waals surface area contributed by atoms with Crippen LogP contribution in [-0.4, -0.2) is 71.5 Å². The predicted octanol–water partition coefficient (Wildman–Crippen LogP) is 23.9. The van der Waals surface area contributed by atoms with E-state index >= 15 is 0 Å². The Bertz CT molecular complexity index is 3930. The second kappa shape index (κ2) is 45.4. The van der Waals surface area contributed by atoms with E-state index in [0.29, 0.717) is 71.8 Å². The smallest absolute Gasteiger partial charge is 0.416 e. The number of phenolic OH excluding ortho intramolecular Hbond substituents is 14. The van der Waals surface area contributed by atoms with E-state index in [1.54, 1.807) is 183 Å². The van der Waals surface area contributed by atoms with Gasteiger partial charge in [0.2, 0.25) is 0 Å². The average Bonchev–Trinajstić information content (AvgIpc) is 0.835. The summed E-state index contributed by atoms with van der Waals surface area (Å²) in [5, 5.41) is 135. The fourth-order valence-electron chi connectivity index (χ4n) is 9.38. The summed E-state index contributed by atoms with van der Waals surface area (Å²) in [5.74, 6) is 2.62. The number of alkyl halides is 3. The zero-order valence-corrected chi connectivity index (χ0v) is 62.0. The molecule has 0 fully saturated rings. The molecule has 12 rings (SSSR count). The summed E-state index contributed by atoms with van der Waals surface area (Å²) in [6.45, 7) is 33.5. The minimum Gasteiger partial charge on any atom is -0.508 e. The second-order valence-electron chi connectivity index (χ2n) is 23.1. The molecule has 0 aliphatic carbocycles. The molecule has 0 aromatic heterocycles. The number of phenols is 14. The van der Waals surface area contributed by atoms with E-state index in [-0.39, 0.29) is 86.6 Å². The first-order chi connectivity index (χ1) is 48.8. The van der Waals surface area contributed by atoms with Crippen LogP contribution in [0.25, 0.3) is 43.1 Å². The molecular weight excluding hydrogens is 1310 g/mol. The third-order valence-electron chi connectivity index (χ3n) is 14.5. The van der Waals surface area contributed by atoms with Gasteiger partial charge in [0.15, 0.2) is 11.5 Å². The number of aromatic hydroxyl groups is 14. The SMILES string of the molecule is CC.CC.CC.CC.CC(C)c1c(O)cc(O)cc1O.CC(C)c1ccc(O)c(O)c1.CC(C)c1ccc(O)cc1.Cc1cc(C(C)C)cc(C(F)(F)F)c1.Oc1cccc2c(O)cccc12.Oc1cccc2c(O)cccc12.Oc1cccc2c(O)cccc12.Oc1cccc2c(O)cccc12. The molecule has 554 valence electrons. The molecule has 0 aliphatic rings. The van der Waals surface area contributed by atoms with E-state index in [4.69, 9.17) is 20.4 Å². The fourth-order valence-corrected chi connectivity index (χ4v) is 9.38. The van der Waals surface area contributed by atoms with Crippen molar-refractivity contribution in [2.75, 3.05) is 0 Å². The number of fused-ring (bicyclic) bond motifs is 4. The Labute approximate surface area is 604 Å². The molecule has 12 aromatic carbocycles. The molecule has 0 bridgehead atoms. The van der Waals surface area contributed by atoms with Crippen LogP contribution in [0.1, 0.15) is 168 Å². The third-order valence-corrected chi connectivity index (χ3v) is 14.5. The lowest BCUT2D eigenvalue weighted by Crippen LogP contribution is -2.06. The van der Waals surface area contributed by atoms with E-state index < -0.39 is 11.7 Å². The summed E-state index contributed by atoms with van der Waals surface area (Å²) in [5.41, 5.74) is 3.59. The lowest BCUT2D eigenvalue weighted by molar-refractivity contribution is -0.137. The quantitative estimate of drug-likeness (QED) is 0.0730. The molecule has 14 N–H and O–H groups in total. The third kappa shape index (κ3) is 28.7. The Kier molecular flexibility index (Phi) is 39.6. The van der Waals surface area contributed by atoms with Gasteiger partial charge in [-0.1, -0.05) is 238 Å². The average molecular weight is 1420 g/mol. The molecule has 0 unspecified atom stereocenters. The van der Waals surface area contributed by atoms with Gasteiger partial charge in [0, 0.05) is 60.8 Å². The highest BCUT2D eigenvalue weighted by molar-refractivity contribution is 5.95. The van der Waals surface area contributed by atoms with E-state index in [0.717, 1.165) is 11.1 Å². The summed E-state index contributed by atoms with van der Waals surface area (Å²) >= 11 is 0. The number of rotatable bonds is 4. The van der Waals surface area contributed by atoms with Crippen LogP contribution in [0.5, 0.6) is 80.5 Å². The summed E-state index contributed by atoms with van der Waals surface area (Å²) in [4.78, 5) is 0. The number of aryl methyl sites for hydroxylation is 1. The van der Waals surface area contributed by atoms with Crippen LogP contribution in [0, 0.1) is 6.92 Å². The molecule has 0 saturated carbocycles. The summed E-state index contributed by atoms with van der Waals surface area (Å²) in [6.07, 6.45) is -4.24. The highest BCUT2D eigenvalue weighted by Gasteiger charge is 2.31. The molecule has 0 aliphatic heterocycles. The number of halogens is 3. The minimum atomic E-state index is -4.24. The lowest BCUT2D eigenvalue weighted by atomic mass is 9.98. The first-order valence-corrected chi connectivity index (χ1v) is 34.1. The van der Waals surface area contributed by atoms with E-state index in [1.165, 1.54) is 35.9 Å². The van der Waals surface area contributed by atoms with Crippen molar-refractivity contribution in [3.8, 4) is 80.5 Å². The maximum absolute atomic E-state index is 12.4. The molecule has 103 heavy (non-hydrogen) atoms. The van der Waals surface area contributed by atoms with Crippen LogP contribution >= 0.6 is 0 Å². The van der Waals surface area contributed by atoms with Gasteiger partial charge in [-0.3, -0.25) is 0 Å². The highest BCUT2D eigenvalue weighted by Crippen LogP contribution is 2.38. The van der Waals surface area contributed by atoms with Crippen LogP contribution in [0.15, 0.2) is 218 Å². The van der Waals surface area contributed by atoms with Gasteiger partial charge in [-0.2, -0.15) is 13.2 Å². The number of benzene rings is 12. The van der Waals surface area contributed by atoms with Gasteiger partial charge in [-0.05, 0) is 132 Å². The Morgan fingerprint density at radius 2 is 0.495 bits per heavy atom. The standard InChI is InChI=1S/C11H13F3.4C10H8O2.C9H12O3.C9H12O2.C9H12O.4C2H6/c1-7(2)9-4-8(3)5-10(6-9)11(12,13)14;4*11-9-5-1-3-7-8(9)4-2-6-10(7)12;1-5(2)9-7(11)3-6(10)4-8(9)12;1-6(2)7-3-4-8(10)9(11)5-7;1-7(2)8-3-5-9(10)6-4-8;4*1-2/h4-7H,1-3H3;4*1-6,11-12H;3-5,10-12H,1-2H3;3-6,10-11H,1-2H3;3-7,10H,1-2H3;4*1-2H3. The van der Waals surface area contributed by atoms with E-state index in [2.05, 4.69) is 13.8 Å². The molecule has 17 heteroatoms. The Balaban J connectivity index is 0.000000581. The maximum atomic E-state index is 12.4. The number of hydrogen-bond donors (Lipinski definition) is 14. The van der Waals surface area contributed by atoms with Crippen LogP contribution in [0.2, 0.25) is 0 Å². The highest BCUT2D eigenvalue weighted by atomic mass is 19.4. The molecule has 0 amide bonds. The predicted molar refractivity (Wildman–Crippen MR) is 416 cm³/mol.